The van der Waals surface area contributed by atoms with E-state index in [0.717, 1.165) is 11.3 Å². The van der Waals surface area contributed by atoms with E-state index in [1.165, 1.54) is 0 Å². The smallest absolute Gasteiger partial charge is 0.250 e. The summed E-state index contributed by atoms with van der Waals surface area (Å²) in [6.45, 7) is 11.3. The Morgan fingerprint density at radius 2 is 1.72 bits per heavy atom. The summed E-state index contributed by atoms with van der Waals surface area (Å²) in [6.07, 6.45) is 3.62. The Morgan fingerprint density at radius 1 is 1.17 bits per heavy atom. The van der Waals surface area contributed by atoms with E-state index in [1.54, 1.807) is 6.08 Å². The summed E-state index contributed by atoms with van der Waals surface area (Å²) in [7, 11) is -1.75. The first-order valence-corrected chi connectivity index (χ1v) is 9.23. The molecule has 0 atom stereocenters. The number of hydrogen-bond donors (Lipinski definition) is 1. The minimum Gasteiger partial charge on any atom is -0.544 e. The minimum absolute atomic E-state index is 0.0716. The van der Waals surface area contributed by atoms with Gasteiger partial charge in [-0.25, -0.2) is 0 Å². The fraction of sp³-hybridized carbons (Fsp3) is 0.467. The highest BCUT2D eigenvalue weighted by atomic mass is 28.4. The third kappa shape index (κ3) is 4.00. The molecule has 1 aromatic carbocycles. The van der Waals surface area contributed by atoms with Gasteiger partial charge in [0.2, 0.25) is 8.32 Å². The van der Waals surface area contributed by atoms with Crippen LogP contribution in [0.2, 0.25) is 18.1 Å². The Balaban J connectivity index is 2.78. The van der Waals surface area contributed by atoms with Crippen molar-refractivity contribution in [2.45, 2.75) is 38.9 Å². The van der Waals surface area contributed by atoms with Crippen LogP contribution in [-0.4, -0.2) is 20.0 Å². The van der Waals surface area contributed by atoms with Gasteiger partial charge < -0.3 is 9.53 Å². The first kappa shape index (κ1) is 15.0. The largest absolute Gasteiger partial charge is 0.544 e. The SMILES string of the molecule is CC(C)(C)[Si](C)(C)Oc1ccc(/C=C/CO)cc1. The Labute approximate surface area is 111 Å². The summed E-state index contributed by atoms with van der Waals surface area (Å²) < 4.78 is 6.19. The summed E-state index contributed by atoms with van der Waals surface area (Å²) in [5, 5.41) is 8.93. The number of aliphatic hydroxyl groups is 1. The molecule has 1 aromatic rings. The van der Waals surface area contributed by atoms with Gasteiger partial charge >= 0.3 is 0 Å². The van der Waals surface area contributed by atoms with Crippen molar-refractivity contribution in [3.05, 3.63) is 35.9 Å². The molecule has 0 amide bonds. The molecule has 0 saturated heterocycles. The van der Waals surface area contributed by atoms with Crippen molar-refractivity contribution in [3.8, 4) is 5.75 Å². The molecule has 0 spiro atoms. The molecule has 1 N–H and O–H groups in total. The molecule has 0 heterocycles. The van der Waals surface area contributed by atoms with Gasteiger partial charge in [-0.3, -0.25) is 0 Å². The number of rotatable bonds is 4. The van der Waals surface area contributed by atoms with Crippen molar-refractivity contribution in [2.24, 2.45) is 0 Å². The summed E-state index contributed by atoms with van der Waals surface area (Å²) in [6, 6.07) is 8.01. The number of hydrogen-bond acceptors (Lipinski definition) is 2. The second-order valence-corrected chi connectivity index (χ2v) is 10.7. The number of aliphatic hydroxyl groups excluding tert-OH is 1. The maximum atomic E-state index is 8.72. The van der Waals surface area contributed by atoms with Crippen molar-refractivity contribution in [3.63, 3.8) is 0 Å². The van der Waals surface area contributed by atoms with E-state index in [9.17, 15) is 0 Å². The van der Waals surface area contributed by atoms with Crippen LogP contribution in [-0.2, 0) is 0 Å². The second kappa shape index (κ2) is 5.72. The standard InChI is InChI=1S/C15H24O2Si/c1-15(2,3)18(4,5)17-14-10-8-13(9-11-14)7-6-12-16/h6-11,16H,12H2,1-5H3/b7-6+. The van der Waals surface area contributed by atoms with Gasteiger partial charge in [0.25, 0.3) is 0 Å². The van der Waals surface area contributed by atoms with Gasteiger partial charge in [-0.15, -0.1) is 0 Å². The fourth-order valence-corrected chi connectivity index (χ4v) is 2.32. The molecule has 0 radical (unpaired) electrons. The summed E-state index contributed by atoms with van der Waals surface area (Å²) in [4.78, 5) is 0. The molecular weight excluding hydrogens is 240 g/mol. The molecule has 3 heteroatoms. The summed E-state index contributed by atoms with van der Waals surface area (Å²) in [5.74, 6) is 0.933. The van der Waals surface area contributed by atoms with Crippen molar-refractivity contribution >= 4 is 14.4 Å². The maximum absolute atomic E-state index is 8.72. The van der Waals surface area contributed by atoms with Crippen LogP contribution >= 0.6 is 0 Å². The maximum Gasteiger partial charge on any atom is 0.250 e. The highest BCUT2D eigenvalue weighted by Gasteiger charge is 2.38. The van der Waals surface area contributed by atoms with Crippen LogP contribution in [0.25, 0.3) is 6.08 Å². The molecular formula is C15H24O2Si. The van der Waals surface area contributed by atoms with Crippen molar-refractivity contribution < 1.29 is 9.53 Å². The zero-order valence-corrected chi connectivity index (χ0v) is 13.0. The molecule has 0 unspecified atom stereocenters. The van der Waals surface area contributed by atoms with E-state index in [0.29, 0.717) is 0 Å². The highest BCUT2D eigenvalue weighted by Crippen LogP contribution is 2.37. The van der Waals surface area contributed by atoms with Gasteiger partial charge in [-0.2, -0.15) is 0 Å². The van der Waals surface area contributed by atoms with Crippen LogP contribution in [0, 0.1) is 0 Å². The third-order valence-corrected chi connectivity index (χ3v) is 7.83. The summed E-state index contributed by atoms with van der Waals surface area (Å²) in [5.41, 5.74) is 1.08. The quantitative estimate of drug-likeness (QED) is 0.830. The van der Waals surface area contributed by atoms with E-state index < -0.39 is 8.32 Å². The van der Waals surface area contributed by atoms with Crippen LogP contribution in [0.4, 0.5) is 0 Å². The van der Waals surface area contributed by atoms with Crippen LogP contribution in [0.3, 0.4) is 0 Å². The Morgan fingerprint density at radius 3 is 2.17 bits per heavy atom. The Bertz CT molecular complexity index is 399. The second-order valence-electron chi connectivity index (χ2n) is 6.02. The van der Waals surface area contributed by atoms with Gasteiger partial charge in [0.1, 0.15) is 5.75 Å². The predicted octanol–water partition coefficient (Wildman–Crippen LogP) is 4.08. The first-order valence-electron chi connectivity index (χ1n) is 6.33. The van der Waals surface area contributed by atoms with Gasteiger partial charge in [0.15, 0.2) is 0 Å². The lowest BCUT2D eigenvalue weighted by Crippen LogP contribution is -2.43. The molecule has 0 aliphatic heterocycles. The molecule has 0 aliphatic rings. The first-order chi connectivity index (χ1) is 8.26. The van der Waals surface area contributed by atoms with E-state index in [4.69, 9.17) is 9.53 Å². The number of benzene rings is 1. The summed E-state index contributed by atoms with van der Waals surface area (Å²) >= 11 is 0. The van der Waals surface area contributed by atoms with Crippen LogP contribution < -0.4 is 4.43 Å². The van der Waals surface area contributed by atoms with E-state index >= 15 is 0 Å². The van der Waals surface area contributed by atoms with Crippen molar-refractivity contribution in [1.29, 1.82) is 0 Å². The zero-order chi connectivity index (χ0) is 13.8. The molecule has 2 nitrogen and oxygen atoms in total. The van der Waals surface area contributed by atoms with Crippen molar-refractivity contribution in [2.75, 3.05) is 6.61 Å². The minimum atomic E-state index is -1.75. The van der Waals surface area contributed by atoms with Gasteiger partial charge in [-0.05, 0) is 35.8 Å². The molecule has 100 valence electrons. The fourth-order valence-electron chi connectivity index (χ4n) is 1.28. The molecule has 0 fully saturated rings. The third-order valence-electron chi connectivity index (χ3n) is 3.48. The van der Waals surface area contributed by atoms with Gasteiger partial charge in [-0.1, -0.05) is 45.1 Å². The molecule has 0 saturated carbocycles. The van der Waals surface area contributed by atoms with E-state index in [-0.39, 0.29) is 11.6 Å². The molecule has 18 heavy (non-hydrogen) atoms. The lowest BCUT2D eigenvalue weighted by molar-refractivity contribution is 0.343. The molecule has 0 bridgehead atoms. The van der Waals surface area contributed by atoms with Crippen LogP contribution in [0.15, 0.2) is 30.3 Å². The highest BCUT2D eigenvalue weighted by molar-refractivity contribution is 6.74. The topological polar surface area (TPSA) is 29.5 Å². The van der Waals surface area contributed by atoms with Gasteiger partial charge in [0, 0.05) is 0 Å². The monoisotopic (exact) mass is 264 g/mol. The molecule has 0 aromatic heterocycles. The van der Waals surface area contributed by atoms with E-state index in [2.05, 4.69) is 33.9 Å². The Hall–Kier alpha value is -1.06. The van der Waals surface area contributed by atoms with Gasteiger partial charge in [0.05, 0.1) is 6.61 Å². The molecule has 0 aliphatic carbocycles. The average molecular weight is 264 g/mol. The van der Waals surface area contributed by atoms with Crippen LogP contribution in [0.5, 0.6) is 5.75 Å². The Kier molecular flexibility index (Phi) is 4.76. The predicted molar refractivity (Wildman–Crippen MR) is 80.4 cm³/mol. The lowest BCUT2D eigenvalue weighted by Gasteiger charge is -2.36. The van der Waals surface area contributed by atoms with Crippen molar-refractivity contribution in [1.82, 2.24) is 0 Å². The van der Waals surface area contributed by atoms with Crippen LogP contribution in [0.1, 0.15) is 26.3 Å². The average Bonchev–Trinajstić information content (AvgIpc) is 2.26. The lowest BCUT2D eigenvalue weighted by atomic mass is 10.2. The zero-order valence-electron chi connectivity index (χ0n) is 12.0. The molecule has 1 rings (SSSR count). The van der Waals surface area contributed by atoms with E-state index in [1.807, 2.05) is 30.3 Å². The normalized spacial score (nSPS) is 13.0.